The largest absolute Gasteiger partial charge is 0.416 e. The molecule has 198 valence electrons. The summed E-state index contributed by atoms with van der Waals surface area (Å²) in [7, 11) is 3.89. The van der Waals surface area contributed by atoms with Crippen LogP contribution in [-0.2, 0) is 12.4 Å². The summed E-state index contributed by atoms with van der Waals surface area (Å²) in [5.41, 5.74) is -1.84. The van der Waals surface area contributed by atoms with E-state index in [1.165, 1.54) is 0 Å². The minimum absolute atomic E-state index is 0.0101. The van der Waals surface area contributed by atoms with Gasteiger partial charge in [-0.3, -0.25) is 4.79 Å². The van der Waals surface area contributed by atoms with E-state index in [-0.39, 0.29) is 18.2 Å². The van der Waals surface area contributed by atoms with Crippen LogP contribution < -0.4 is 15.5 Å². The number of carbonyl (C=O) groups excluding carboxylic acids is 1. The van der Waals surface area contributed by atoms with E-state index in [0.717, 1.165) is 16.6 Å². The highest BCUT2D eigenvalue weighted by atomic mass is 19.4. The Bertz CT molecular complexity index is 1250. The maximum Gasteiger partial charge on any atom is 0.416 e. The Balaban J connectivity index is 1.42. The average Bonchev–Trinajstić information content (AvgIpc) is 2.83. The first-order valence-electron chi connectivity index (χ1n) is 11.8. The van der Waals surface area contributed by atoms with Crippen LogP contribution in [0.5, 0.6) is 0 Å². The van der Waals surface area contributed by atoms with E-state index < -0.39 is 35.0 Å². The average molecular weight is 525 g/mol. The molecule has 0 saturated heterocycles. The number of benzene rings is 2. The van der Waals surface area contributed by atoms with Crippen LogP contribution in [0, 0.1) is 0 Å². The van der Waals surface area contributed by atoms with Crippen LogP contribution in [0.1, 0.15) is 47.2 Å². The molecule has 1 heterocycles. The Kier molecular flexibility index (Phi) is 7.25. The zero-order valence-electron chi connectivity index (χ0n) is 20.2. The molecule has 1 aliphatic carbocycles. The third kappa shape index (κ3) is 6.26. The zero-order valence-corrected chi connectivity index (χ0v) is 20.2. The maximum absolute atomic E-state index is 13.1. The topological polar surface area (TPSA) is 57.3 Å². The van der Waals surface area contributed by atoms with Crippen molar-refractivity contribution in [1.29, 1.82) is 0 Å². The molecule has 0 radical (unpaired) electrons. The highest BCUT2D eigenvalue weighted by Crippen LogP contribution is 2.36. The van der Waals surface area contributed by atoms with Crippen LogP contribution in [0.25, 0.3) is 10.9 Å². The Labute approximate surface area is 209 Å². The number of anilines is 2. The SMILES string of the molecule is CN(C)c1cc(N[C@H]2CC[C@@H](NC(=O)c3cc(C(F)(F)F)cc(C(F)(F)F)c3)CC2)nc2ccccc12. The number of hydrogen-bond donors (Lipinski definition) is 2. The van der Waals surface area contributed by atoms with Gasteiger partial charge in [0, 0.05) is 48.9 Å². The third-order valence-corrected chi connectivity index (χ3v) is 6.44. The van der Waals surface area contributed by atoms with Gasteiger partial charge < -0.3 is 15.5 Å². The summed E-state index contributed by atoms with van der Waals surface area (Å²) in [5, 5.41) is 7.04. The van der Waals surface area contributed by atoms with Gasteiger partial charge in [-0.25, -0.2) is 4.98 Å². The predicted octanol–water partition coefficient (Wildman–Crippen LogP) is 6.49. The highest BCUT2D eigenvalue weighted by Gasteiger charge is 2.37. The first kappa shape index (κ1) is 26.6. The molecule has 0 bridgehead atoms. The van der Waals surface area contributed by atoms with Gasteiger partial charge in [0.2, 0.25) is 0 Å². The van der Waals surface area contributed by atoms with Gasteiger partial charge in [0.15, 0.2) is 0 Å². The molecule has 0 spiro atoms. The van der Waals surface area contributed by atoms with Crippen molar-refractivity contribution in [2.45, 2.75) is 50.1 Å². The normalized spacial score (nSPS) is 18.5. The summed E-state index contributed by atoms with van der Waals surface area (Å²) in [6, 6.07) is 10.3. The maximum atomic E-state index is 13.1. The Morgan fingerprint density at radius 2 is 1.43 bits per heavy atom. The zero-order chi connectivity index (χ0) is 27.0. The number of rotatable bonds is 5. The number of carbonyl (C=O) groups is 1. The molecule has 0 aliphatic heterocycles. The number of para-hydroxylation sites is 1. The van der Waals surface area contributed by atoms with Crippen molar-refractivity contribution in [3.05, 3.63) is 65.2 Å². The molecule has 0 unspecified atom stereocenters. The van der Waals surface area contributed by atoms with Crippen molar-refractivity contribution in [1.82, 2.24) is 10.3 Å². The number of aromatic nitrogens is 1. The standard InChI is InChI=1S/C26H26F6N4O/c1-36(2)22-14-23(35-21-6-4-3-5-20(21)22)33-18-7-9-19(10-8-18)34-24(37)15-11-16(25(27,28)29)13-17(12-15)26(30,31)32/h3-6,11-14,18-19H,7-10H2,1-2H3,(H,33,35)(H,34,37)/t18-,19+. The van der Waals surface area contributed by atoms with Gasteiger partial charge in [-0.05, 0) is 49.9 Å². The molecular weight excluding hydrogens is 498 g/mol. The van der Waals surface area contributed by atoms with Gasteiger partial charge in [-0.15, -0.1) is 0 Å². The minimum Gasteiger partial charge on any atom is -0.377 e. The molecular formula is C26H26F6N4O. The third-order valence-electron chi connectivity index (χ3n) is 6.44. The number of pyridine rings is 1. The number of fused-ring (bicyclic) bond motifs is 1. The summed E-state index contributed by atoms with van der Waals surface area (Å²) >= 11 is 0. The fourth-order valence-electron chi connectivity index (χ4n) is 4.55. The van der Waals surface area contributed by atoms with Gasteiger partial charge in [0.05, 0.1) is 16.6 Å². The van der Waals surface area contributed by atoms with E-state index in [1.807, 2.05) is 49.3 Å². The molecule has 1 amide bonds. The van der Waals surface area contributed by atoms with E-state index in [9.17, 15) is 31.1 Å². The Morgan fingerprint density at radius 1 is 0.865 bits per heavy atom. The van der Waals surface area contributed by atoms with Gasteiger partial charge >= 0.3 is 12.4 Å². The predicted molar refractivity (Wildman–Crippen MR) is 130 cm³/mol. The van der Waals surface area contributed by atoms with Gasteiger partial charge in [0.1, 0.15) is 5.82 Å². The number of nitrogens with one attached hydrogen (secondary N) is 2. The van der Waals surface area contributed by atoms with Crippen molar-refractivity contribution in [3.8, 4) is 0 Å². The Morgan fingerprint density at radius 3 is 2.00 bits per heavy atom. The van der Waals surface area contributed by atoms with Crippen LogP contribution in [-0.4, -0.2) is 37.1 Å². The summed E-state index contributed by atoms with van der Waals surface area (Å²) in [6.07, 6.45) is -7.70. The Hall–Kier alpha value is -3.50. The van der Waals surface area contributed by atoms with E-state index in [2.05, 4.69) is 15.6 Å². The molecule has 1 fully saturated rings. The lowest BCUT2D eigenvalue weighted by Gasteiger charge is -2.30. The van der Waals surface area contributed by atoms with Crippen molar-refractivity contribution >= 4 is 28.3 Å². The minimum atomic E-state index is -5.01. The van der Waals surface area contributed by atoms with Crippen LogP contribution >= 0.6 is 0 Å². The van der Waals surface area contributed by atoms with Crippen molar-refractivity contribution in [2.24, 2.45) is 0 Å². The second-order valence-electron chi connectivity index (χ2n) is 9.40. The van der Waals surface area contributed by atoms with Crippen LogP contribution in [0.15, 0.2) is 48.5 Å². The molecule has 0 atom stereocenters. The van der Waals surface area contributed by atoms with Crippen LogP contribution in [0.2, 0.25) is 0 Å². The molecule has 1 aliphatic rings. The van der Waals surface area contributed by atoms with Crippen LogP contribution in [0.4, 0.5) is 37.8 Å². The van der Waals surface area contributed by atoms with E-state index >= 15 is 0 Å². The molecule has 2 aromatic carbocycles. The first-order chi connectivity index (χ1) is 17.3. The number of nitrogens with zero attached hydrogens (tertiary/aromatic N) is 2. The highest BCUT2D eigenvalue weighted by molar-refractivity contribution is 5.95. The van der Waals surface area contributed by atoms with E-state index in [1.54, 1.807) is 0 Å². The smallest absolute Gasteiger partial charge is 0.377 e. The lowest BCUT2D eigenvalue weighted by Crippen LogP contribution is -2.40. The summed E-state index contributed by atoms with van der Waals surface area (Å²) < 4.78 is 78.7. The summed E-state index contributed by atoms with van der Waals surface area (Å²) in [6.45, 7) is 0. The second kappa shape index (κ2) is 10.1. The summed E-state index contributed by atoms with van der Waals surface area (Å²) in [5.74, 6) is -0.252. The van der Waals surface area contributed by atoms with Crippen molar-refractivity contribution in [2.75, 3.05) is 24.3 Å². The quantitative estimate of drug-likeness (QED) is 0.375. The molecule has 11 heteroatoms. The number of alkyl halides is 6. The number of hydrogen-bond acceptors (Lipinski definition) is 4. The van der Waals surface area contributed by atoms with E-state index in [0.29, 0.717) is 43.6 Å². The second-order valence-corrected chi connectivity index (χ2v) is 9.40. The number of amides is 1. The monoisotopic (exact) mass is 524 g/mol. The van der Waals surface area contributed by atoms with Crippen LogP contribution in [0.3, 0.4) is 0 Å². The molecule has 1 aromatic heterocycles. The molecule has 37 heavy (non-hydrogen) atoms. The lowest BCUT2D eigenvalue weighted by atomic mass is 9.90. The van der Waals surface area contributed by atoms with Gasteiger partial charge in [-0.2, -0.15) is 26.3 Å². The molecule has 3 aromatic rings. The molecule has 2 N–H and O–H groups in total. The van der Waals surface area contributed by atoms with Gasteiger partial charge in [-0.1, -0.05) is 18.2 Å². The molecule has 1 saturated carbocycles. The van der Waals surface area contributed by atoms with E-state index in [4.69, 9.17) is 0 Å². The lowest BCUT2D eigenvalue weighted by molar-refractivity contribution is -0.143. The fraction of sp³-hybridized carbons (Fsp3) is 0.385. The van der Waals surface area contributed by atoms with Crippen molar-refractivity contribution in [3.63, 3.8) is 0 Å². The molecule has 4 rings (SSSR count). The van der Waals surface area contributed by atoms with Crippen molar-refractivity contribution < 1.29 is 31.1 Å². The summed E-state index contributed by atoms with van der Waals surface area (Å²) in [4.78, 5) is 19.3. The first-order valence-corrected chi connectivity index (χ1v) is 11.8. The fourth-order valence-corrected chi connectivity index (χ4v) is 4.55. The molecule has 5 nitrogen and oxygen atoms in total. The van der Waals surface area contributed by atoms with Gasteiger partial charge in [0.25, 0.3) is 5.91 Å². The number of halogens is 6.